The number of rotatable bonds is 4. The number of anilines is 1. The van der Waals surface area contributed by atoms with Crippen molar-refractivity contribution in [1.29, 1.82) is 0 Å². The van der Waals surface area contributed by atoms with E-state index >= 15 is 0 Å². The van der Waals surface area contributed by atoms with Crippen molar-refractivity contribution in [2.24, 2.45) is 0 Å². The van der Waals surface area contributed by atoms with Crippen molar-refractivity contribution in [3.63, 3.8) is 0 Å². The van der Waals surface area contributed by atoms with E-state index in [1.54, 1.807) is 19.1 Å². The Kier molecular flexibility index (Phi) is 4.22. The smallest absolute Gasteiger partial charge is 0.282 e. The van der Waals surface area contributed by atoms with Crippen LogP contribution in [0.15, 0.2) is 48.5 Å². The predicted molar refractivity (Wildman–Crippen MR) is 92.2 cm³/mol. The van der Waals surface area contributed by atoms with E-state index in [-0.39, 0.29) is 24.2 Å². The van der Waals surface area contributed by atoms with Gasteiger partial charge in [-0.1, -0.05) is 29.8 Å². The molecule has 3 rings (SSSR count). The molecule has 1 aliphatic heterocycles. The van der Waals surface area contributed by atoms with Gasteiger partial charge in [0.2, 0.25) is 0 Å². The van der Waals surface area contributed by atoms with Gasteiger partial charge in [0.05, 0.1) is 11.5 Å². The number of amides is 3. The third-order valence-electron chi connectivity index (χ3n) is 4.25. The number of aryl methyl sites for hydroxylation is 1. The predicted octanol–water partition coefficient (Wildman–Crippen LogP) is 3.26. The van der Waals surface area contributed by atoms with Crippen LogP contribution in [0.25, 0.3) is 0 Å². The summed E-state index contributed by atoms with van der Waals surface area (Å²) < 4.78 is 0. The molecule has 0 N–H and O–H groups in total. The summed E-state index contributed by atoms with van der Waals surface area (Å²) in [7, 11) is 0. The Balaban J connectivity index is 1.82. The zero-order valence-electron chi connectivity index (χ0n) is 13.9. The van der Waals surface area contributed by atoms with Gasteiger partial charge in [-0.25, -0.2) is 4.79 Å². The molecule has 7 nitrogen and oxygen atoms in total. The van der Waals surface area contributed by atoms with Crippen molar-refractivity contribution in [1.82, 2.24) is 4.90 Å². The maximum absolute atomic E-state index is 12.7. The molecule has 0 saturated carbocycles. The van der Waals surface area contributed by atoms with Crippen molar-refractivity contribution < 1.29 is 14.5 Å². The lowest BCUT2D eigenvalue weighted by Crippen LogP contribution is -2.33. The van der Waals surface area contributed by atoms with Crippen LogP contribution in [0, 0.1) is 17.0 Å². The monoisotopic (exact) mass is 339 g/mol. The van der Waals surface area contributed by atoms with Crippen LogP contribution in [-0.4, -0.2) is 27.8 Å². The first-order valence-corrected chi connectivity index (χ1v) is 7.83. The summed E-state index contributed by atoms with van der Waals surface area (Å²) >= 11 is 0. The van der Waals surface area contributed by atoms with Crippen molar-refractivity contribution in [2.45, 2.75) is 26.4 Å². The lowest BCUT2D eigenvalue weighted by Gasteiger charge is -2.19. The number of nitrogens with zero attached hydrogens (tertiary/aromatic N) is 3. The average molecular weight is 339 g/mol. The molecule has 0 aliphatic carbocycles. The van der Waals surface area contributed by atoms with Gasteiger partial charge in [-0.2, -0.15) is 0 Å². The maximum Gasteiger partial charge on any atom is 0.332 e. The summed E-state index contributed by atoms with van der Waals surface area (Å²) in [5.41, 5.74) is 2.36. The number of carbonyl (C=O) groups excluding carboxylic acids is 2. The second-order valence-corrected chi connectivity index (χ2v) is 6.01. The summed E-state index contributed by atoms with van der Waals surface area (Å²) in [5.74, 6) is -0.288. The zero-order valence-corrected chi connectivity index (χ0v) is 13.9. The molecular formula is C18H17N3O4. The van der Waals surface area contributed by atoms with Gasteiger partial charge >= 0.3 is 6.03 Å². The van der Waals surface area contributed by atoms with E-state index in [1.807, 2.05) is 31.2 Å². The molecule has 0 radical (unpaired) electrons. The summed E-state index contributed by atoms with van der Waals surface area (Å²) in [6.07, 6.45) is 0. The van der Waals surface area contributed by atoms with Crippen molar-refractivity contribution >= 4 is 23.3 Å². The molecule has 7 heteroatoms. The van der Waals surface area contributed by atoms with Crippen LogP contribution in [0.1, 0.15) is 18.1 Å². The SMILES string of the molecule is Cc1ccc(N2C(=O)N(Cc3ccc([N+](=O)[O-])cc3)C(=O)[C@@H]2C)cc1. The Labute approximate surface area is 144 Å². The van der Waals surface area contributed by atoms with Crippen molar-refractivity contribution in [2.75, 3.05) is 4.90 Å². The first kappa shape index (κ1) is 16.6. The Bertz CT molecular complexity index is 830. The minimum Gasteiger partial charge on any atom is -0.282 e. The number of nitro groups is 1. The summed E-state index contributed by atoms with van der Waals surface area (Å²) in [6, 6.07) is 12.3. The van der Waals surface area contributed by atoms with Crippen LogP contribution in [0.4, 0.5) is 16.2 Å². The maximum atomic E-state index is 12.7. The first-order chi connectivity index (χ1) is 11.9. The standard InChI is InChI=1S/C18H17N3O4/c1-12-3-7-15(8-4-12)20-13(2)17(22)19(18(20)23)11-14-5-9-16(10-6-14)21(24)25/h3-10,13H,11H2,1-2H3/t13-/m0/s1. The van der Waals surface area contributed by atoms with E-state index in [9.17, 15) is 19.7 Å². The fraction of sp³-hybridized carbons (Fsp3) is 0.222. The lowest BCUT2D eigenvalue weighted by molar-refractivity contribution is -0.384. The fourth-order valence-electron chi connectivity index (χ4n) is 2.82. The molecular weight excluding hydrogens is 322 g/mol. The van der Waals surface area contributed by atoms with E-state index in [0.29, 0.717) is 11.3 Å². The molecule has 128 valence electrons. The molecule has 2 aromatic rings. The van der Waals surface area contributed by atoms with E-state index in [2.05, 4.69) is 0 Å². The van der Waals surface area contributed by atoms with Crippen molar-refractivity contribution in [3.05, 3.63) is 69.8 Å². The van der Waals surface area contributed by atoms with Crippen LogP contribution < -0.4 is 4.90 Å². The molecule has 0 spiro atoms. The third-order valence-corrected chi connectivity index (χ3v) is 4.25. The molecule has 1 saturated heterocycles. The minimum absolute atomic E-state index is 0.0301. The number of non-ortho nitro benzene ring substituents is 1. The van der Waals surface area contributed by atoms with Crippen LogP contribution in [0.2, 0.25) is 0 Å². The second-order valence-electron chi connectivity index (χ2n) is 6.01. The van der Waals surface area contributed by atoms with E-state index in [1.165, 1.54) is 21.9 Å². The highest BCUT2D eigenvalue weighted by Gasteiger charge is 2.43. The molecule has 25 heavy (non-hydrogen) atoms. The largest absolute Gasteiger partial charge is 0.332 e. The molecule has 1 fully saturated rings. The number of carbonyl (C=O) groups is 2. The highest BCUT2D eigenvalue weighted by atomic mass is 16.6. The minimum atomic E-state index is -0.590. The van der Waals surface area contributed by atoms with Crippen LogP contribution in [-0.2, 0) is 11.3 Å². The normalized spacial score (nSPS) is 17.3. The molecule has 1 atom stereocenters. The molecule has 0 unspecified atom stereocenters. The van der Waals surface area contributed by atoms with Gasteiger partial charge in [0.1, 0.15) is 6.04 Å². The highest BCUT2D eigenvalue weighted by Crippen LogP contribution is 2.27. The van der Waals surface area contributed by atoms with Crippen LogP contribution >= 0.6 is 0 Å². The first-order valence-electron chi connectivity index (χ1n) is 7.83. The Morgan fingerprint density at radius 1 is 1.04 bits per heavy atom. The van der Waals surface area contributed by atoms with E-state index in [4.69, 9.17) is 0 Å². The lowest BCUT2D eigenvalue weighted by atomic mass is 10.2. The highest BCUT2D eigenvalue weighted by molar-refractivity contribution is 6.13. The molecule has 1 aliphatic rings. The number of benzene rings is 2. The van der Waals surface area contributed by atoms with Gasteiger partial charge in [0, 0.05) is 17.8 Å². The summed E-state index contributed by atoms with van der Waals surface area (Å²) in [5, 5.41) is 10.7. The third kappa shape index (κ3) is 3.08. The molecule has 3 amide bonds. The zero-order chi connectivity index (χ0) is 18.1. The second kappa shape index (κ2) is 6.35. The number of imide groups is 1. The number of urea groups is 1. The van der Waals surface area contributed by atoms with Crippen molar-refractivity contribution in [3.8, 4) is 0 Å². The molecule has 2 aromatic carbocycles. The van der Waals surface area contributed by atoms with Gasteiger partial charge in [-0.15, -0.1) is 0 Å². The van der Waals surface area contributed by atoms with Gasteiger partial charge in [-0.05, 0) is 31.5 Å². The van der Waals surface area contributed by atoms with Crippen LogP contribution in [0.5, 0.6) is 0 Å². The van der Waals surface area contributed by atoms with Gasteiger partial charge in [0.25, 0.3) is 11.6 Å². The number of nitro benzene ring substituents is 1. The van der Waals surface area contributed by atoms with Gasteiger partial charge in [-0.3, -0.25) is 24.7 Å². The summed E-state index contributed by atoms with van der Waals surface area (Å²) in [6.45, 7) is 3.73. The molecule has 0 bridgehead atoms. The Morgan fingerprint density at radius 2 is 1.64 bits per heavy atom. The Morgan fingerprint density at radius 3 is 2.20 bits per heavy atom. The van der Waals surface area contributed by atoms with Gasteiger partial charge in [0.15, 0.2) is 0 Å². The number of hydrogen-bond donors (Lipinski definition) is 0. The van der Waals surface area contributed by atoms with Gasteiger partial charge < -0.3 is 0 Å². The fourth-order valence-corrected chi connectivity index (χ4v) is 2.82. The number of hydrogen-bond acceptors (Lipinski definition) is 4. The van der Waals surface area contributed by atoms with Crippen LogP contribution in [0.3, 0.4) is 0 Å². The summed E-state index contributed by atoms with van der Waals surface area (Å²) in [4.78, 5) is 38.1. The van der Waals surface area contributed by atoms with E-state index in [0.717, 1.165) is 5.56 Å². The Hall–Kier alpha value is -3.22. The molecule has 1 heterocycles. The van der Waals surface area contributed by atoms with E-state index < -0.39 is 11.0 Å². The quantitative estimate of drug-likeness (QED) is 0.486. The average Bonchev–Trinajstić information content (AvgIpc) is 2.80. The topological polar surface area (TPSA) is 83.8 Å². The molecule has 0 aromatic heterocycles.